The molecular formula is C22H27N3O5. The number of alkyl carbamates (subject to hydrolysis) is 1. The molecule has 1 atom stereocenters. The van der Waals surface area contributed by atoms with Crippen LogP contribution in [-0.2, 0) is 16.1 Å². The molecule has 0 saturated carbocycles. The second-order valence-electron chi connectivity index (χ2n) is 6.83. The van der Waals surface area contributed by atoms with Crippen molar-refractivity contribution in [3.8, 4) is 5.75 Å². The van der Waals surface area contributed by atoms with E-state index in [9.17, 15) is 14.4 Å². The second kappa shape index (κ2) is 11.5. The topological polar surface area (TPSA) is 106 Å². The zero-order valence-corrected chi connectivity index (χ0v) is 17.3. The molecule has 0 saturated heterocycles. The van der Waals surface area contributed by atoms with Crippen molar-refractivity contribution in [2.45, 2.75) is 33.4 Å². The number of nitrogens with one attached hydrogen (secondary N) is 3. The average Bonchev–Trinajstić information content (AvgIpc) is 2.75. The number of hydrazine groups is 1. The molecule has 8 heteroatoms. The van der Waals surface area contributed by atoms with Gasteiger partial charge in [0.25, 0.3) is 11.8 Å². The third-order valence-corrected chi connectivity index (χ3v) is 4.16. The highest BCUT2D eigenvalue weighted by Gasteiger charge is 2.25. The van der Waals surface area contributed by atoms with Crippen molar-refractivity contribution >= 4 is 17.9 Å². The quantitative estimate of drug-likeness (QED) is 0.577. The highest BCUT2D eigenvalue weighted by atomic mass is 16.5. The summed E-state index contributed by atoms with van der Waals surface area (Å²) in [6, 6.07) is 14.8. The molecule has 0 aliphatic heterocycles. The van der Waals surface area contributed by atoms with Crippen molar-refractivity contribution in [3.05, 3.63) is 65.7 Å². The highest BCUT2D eigenvalue weighted by Crippen LogP contribution is 2.12. The Kier molecular flexibility index (Phi) is 8.68. The van der Waals surface area contributed by atoms with Crippen LogP contribution < -0.4 is 20.9 Å². The van der Waals surface area contributed by atoms with Gasteiger partial charge in [0.1, 0.15) is 18.4 Å². The molecule has 3 N–H and O–H groups in total. The Labute approximate surface area is 175 Å². The Balaban J connectivity index is 1.85. The summed E-state index contributed by atoms with van der Waals surface area (Å²) in [5.41, 5.74) is 5.88. The van der Waals surface area contributed by atoms with Gasteiger partial charge in [-0.1, -0.05) is 44.2 Å². The van der Waals surface area contributed by atoms with Crippen LogP contribution in [0.5, 0.6) is 5.75 Å². The first-order chi connectivity index (χ1) is 14.4. The lowest BCUT2D eigenvalue weighted by Crippen LogP contribution is -2.54. The molecule has 0 bridgehead atoms. The monoisotopic (exact) mass is 413 g/mol. The van der Waals surface area contributed by atoms with Crippen LogP contribution in [0.25, 0.3) is 0 Å². The summed E-state index contributed by atoms with van der Waals surface area (Å²) in [6.45, 7) is 6.03. The average molecular weight is 413 g/mol. The molecule has 0 unspecified atom stereocenters. The van der Waals surface area contributed by atoms with Crippen LogP contribution in [0.4, 0.5) is 4.79 Å². The summed E-state index contributed by atoms with van der Waals surface area (Å²) in [6.07, 6.45) is -0.717. The first kappa shape index (κ1) is 22.7. The van der Waals surface area contributed by atoms with E-state index in [-0.39, 0.29) is 12.5 Å². The minimum absolute atomic E-state index is 0.0909. The van der Waals surface area contributed by atoms with E-state index in [1.165, 1.54) is 0 Å². The summed E-state index contributed by atoms with van der Waals surface area (Å²) >= 11 is 0. The van der Waals surface area contributed by atoms with Gasteiger partial charge in [0.05, 0.1) is 6.61 Å². The number of hydrogen-bond donors (Lipinski definition) is 3. The van der Waals surface area contributed by atoms with E-state index >= 15 is 0 Å². The van der Waals surface area contributed by atoms with Gasteiger partial charge >= 0.3 is 6.09 Å². The largest absolute Gasteiger partial charge is 0.494 e. The molecule has 8 nitrogen and oxygen atoms in total. The Bertz CT molecular complexity index is 838. The first-order valence-corrected chi connectivity index (χ1v) is 9.71. The molecule has 0 aliphatic carbocycles. The second-order valence-corrected chi connectivity index (χ2v) is 6.83. The lowest BCUT2D eigenvalue weighted by atomic mass is 10.0. The highest BCUT2D eigenvalue weighted by molar-refractivity contribution is 5.96. The standard InChI is InChI=1S/C22H27N3O5/c1-4-29-18-12-10-17(11-13-18)20(26)24-25-21(27)19(15(2)3)23-22(28)30-14-16-8-6-5-7-9-16/h5-13,15,19H,4,14H2,1-3H3,(H,23,28)(H,24,26)(H,25,27)/t19-/m0/s1. The van der Waals surface area contributed by atoms with Crippen molar-refractivity contribution < 1.29 is 23.9 Å². The number of carbonyl (C=O) groups is 3. The molecule has 3 amide bonds. The molecule has 0 radical (unpaired) electrons. The fourth-order valence-electron chi connectivity index (χ4n) is 2.56. The molecule has 30 heavy (non-hydrogen) atoms. The molecule has 2 rings (SSSR count). The van der Waals surface area contributed by atoms with Crippen LogP contribution in [0.3, 0.4) is 0 Å². The van der Waals surface area contributed by atoms with Gasteiger partial charge in [-0.15, -0.1) is 0 Å². The summed E-state index contributed by atoms with van der Waals surface area (Å²) < 4.78 is 10.5. The van der Waals surface area contributed by atoms with Crippen LogP contribution in [0, 0.1) is 5.92 Å². The molecule has 0 heterocycles. The van der Waals surface area contributed by atoms with Crippen LogP contribution in [0.2, 0.25) is 0 Å². The van der Waals surface area contributed by atoms with Crippen molar-refractivity contribution in [1.82, 2.24) is 16.2 Å². The van der Waals surface area contributed by atoms with E-state index in [4.69, 9.17) is 9.47 Å². The van der Waals surface area contributed by atoms with Crippen molar-refractivity contribution in [3.63, 3.8) is 0 Å². The van der Waals surface area contributed by atoms with E-state index in [0.29, 0.717) is 17.9 Å². The third-order valence-electron chi connectivity index (χ3n) is 4.16. The Morgan fingerprint density at radius 3 is 2.20 bits per heavy atom. The van der Waals surface area contributed by atoms with Crippen molar-refractivity contribution in [1.29, 1.82) is 0 Å². The van der Waals surface area contributed by atoms with Crippen LogP contribution in [-0.4, -0.2) is 30.6 Å². The number of amides is 3. The van der Waals surface area contributed by atoms with Crippen LogP contribution in [0.15, 0.2) is 54.6 Å². The summed E-state index contributed by atoms with van der Waals surface area (Å²) in [4.78, 5) is 36.7. The Morgan fingerprint density at radius 1 is 0.933 bits per heavy atom. The van der Waals surface area contributed by atoms with E-state index < -0.39 is 23.9 Å². The fraction of sp³-hybridized carbons (Fsp3) is 0.318. The van der Waals surface area contributed by atoms with Crippen molar-refractivity contribution in [2.24, 2.45) is 5.92 Å². The maximum Gasteiger partial charge on any atom is 0.408 e. The molecule has 0 spiro atoms. The van der Waals surface area contributed by atoms with Gasteiger partial charge < -0.3 is 14.8 Å². The lowest BCUT2D eigenvalue weighted by molar-refractivity contribution is -0.124. The minimum atomic E-state index is -0.881. The summed E-state index contributed by atoms with van der Waals surface area (Å²) in [5.74, 6) is -0.616. The predicted molar refractivity (Wildman–Crippen MR) is 112 cm³/mol. The molecule has 0 fully saturated rings. The van der Waals surface area contributed by atoms with Gasteiger partial charge in [0, 0.05) is 5.56 Å². The van der Waals surface area contributed by atoms with Gasteiger partial charge in [0.15, 0.2) is 0 Å². The van der Waals surface area contributed by atoms with Gasteiger partial charge in [-0.3, -0.25) is 20.4 Å². The number of hydrogen-bond acceptors (Lipinski definition) is 5. The third kappa shape index (κ3) is 7.12. The first-order valence-electron chi connectivity index (χ1n) is 9.71. The molecule has 0 aliphatic rings. The van der Waals surface area contributed by atoms with Crippen LogP contribution >= 0.6 is 0 Å². The zero-order valence-electron chi connectivity index (χ0n) is 17.3. The van der Waals surface area contributed by atoms with Gasteiger partial charge in [0.2, 0.25) is 0 Å². The summed E-state index contributed by atoms with van der Waals surface area (Å²) in [7, 11) is 0. The summed E-state index contributed by atoms with van der Waals surface area (Å²) in [5, 5.41) is 2.53. The van der Waals surface area contributed by atoms with E-state index in [0.717, 1.165) is 5.56 Å². The minimum Gasteiger partial charge on any atom is -0.494 e. The zero-order chi connectivity index (χ0) is 21.9. The fourth-order valence-corrected chi connectivity index (χ4v) is 2.56. The number of ether oxygens (including phenoxy) is 2. The molecular weight excluding hydrogens is 386 g/mol. The maximum atomic E-state index is 12.5. The maximum absolute atomic E-state index is 12.5. The van der Waals surface area contributed by atoms with Gasteiger partial charge in [-0.05, 0) is 42.7 Å². The Hall–Kier alpha value is -3.55. The van der Waals surface area contributed by atoms with E-state index in [2.05, 4.69) is 16.2 Å². The Morgan fingerprint density at radius 2 is 1.60 bits per heavy atom. The SMILES string of the molecule is CCOc1ccc(C(=O)NNC(=O)[C@@H](NC(=O)OCc2ccccc2)C(C)C)cc1. The number of benzene rings is 2. The molecule has 2 aromatic rings. The van der Waals surface area contributed by atoms with Crippen molar-refractivity contribution in [2.75, 3.05) is 6.61 Å². The number of carbonyl (C=O) groups excluding carboxylic acids is 3. The van der Waals surface area contributed by atoms with Crippen LogP contribution in [0.1, 0.15) is 36.7 Å². The predicted octanol–water partition coefficient (Wildman–Crippen LogP) is 2.80. The lowest BCUT2D eigenvalue weighted by Gasteiger charge is -2.21. The molecule has 2 aromatic carbocycles. The van der Waals surface area contributed by atoms with Gasteiger partial charge in [-0.2, -0.15) is 0 Å². The van der Waals surface area contributed by atoms with E-state index in [1.807, 2.05) is 37.3 Å². The van der Waals surface area contributed by atoms with E-state index in [1.54, 1.807) is 38.1 Å². The molecule has 160 valence electrons. The van der Waals surface area contributed by atoms with Gasteiger partial charge in [-0.25, -0.2) is 4.79 Å². The molecule has 0 aromatic heterocycles. The smallest absolute Gasteiger partial charge is 0.408 e. The number of rotatable bonds is 8. The normalized spacial score (nSPS) is 11.3.